The molecule has 0 radical (unpaired) electrons. The number of anilines is 2. The molecule has 0 N–H and O–H groups in total. The number of imide groups is 2. The molecule has 8 nitrogen and oxygen atoms in total. The van der Waals surface area contributed by atoms with Crippen LogP contribution in [0.1, 0.15) is 24.0 Å². The maximum absolute atomic E-state index is 13.3. The zero-order valence-electron chi connectivity index (χ0n) is 20.0. The van der Waals surface area contributed by atoms with Gasteiger partial charge >= 0.3 is 0 Å². The standard InChI is InChI=1S/C26H26Cl2N4O4/c1-15-3-5-17(27)11-19(15)31-23(33)13-21(25(31)35)29-7-9-30(10-8-29)22-14-24(34)32(26(22)36)20-12-18(28)6-4-16(20)2/h3-6,11-12,21-22H,7-10,13-14H2,1-2H3/t21-,22+. The molecule has 188 valence electrons. The van der Waals surface area contributed by atoms with Gasteiger partial charge in [-0.1, -0.05) is 35.3 Å². The van der Waals surface area contributed by atoms with Crippen molar-refractivity contribution in [3.8, 4) is 0 Å². The van der Waals surface area contributed by atoms with Crippen LogP contribution in [0.3, 0.4) is 0 Å². The molecule has 3 aliphatic heterocycles. The van der Waals surface area contributed by atoms with Crippen molar-refractivity contribution in [3.63, 3.8) is 0 Å². The molecule has 0 aliphatic carbocycles. The first kappa shape index (κ1) is 24.9. The molecule has 0 unspecified atom stereocenters. The summed E-state index contributed by atoms with van der Waals surface area (Å²) in [5.41, 5.74) is 2.64. The van der Waals surface area contributed by atoms with Gasteiger partial charge in [-0.2, -0.15) is 0 Å². The maximum Gasteiger partial charge on any atom is 0.251 e. The molecule has 10 heteroatoms. The van der Waals surface area contributed by atoms with Gasteiger partial charge in [0.05, 0.1) is 36.3 Å². The number of carbonyl (C=O) groups is 4. The average molecular weight is 529 g/mol. The van der Waals surface area contributed by atoms with Crippen LogP contribution in [-0.4, -0.2) is 71.7 Å². The second kappa shape index (κ2) is 9.59. The Hall–Kier alpha value is -2.78. The van der Waals surface area contributed by atoms with Crippen LogP contribution in [0.15, 0.2) is 36.4 Å². The Morgan fingerprint density at radius 2 is 1.00 bits per heavy atom. The molecule has 3 fully saturated rings. The van der Waals surface area contributed by atoms with Crippen molar-refractivity contribution in [2.45, 2.75) is 38.8 Å². The molecule has 0 bridgehead atoms. The zero-order chi connectivity index (χ0) is 25.7. The number of carbonyl (C=O) groups excluding carboxylic acids is 4. The molecule has 0 saturated carbocycles. The van der Waals surface area contributed by atoms with Crippen molar-refractivity contribution in [1.82, 2.24) is 9.80 Å². The second-order valence-electron chi connectivity index (χ2n) is 9.51. The van der Waals surface area contributed by atoms with E-state index in [9.17, 15) is 19.2 Å². The summed E-state index contributed by atoms with van der Waals surface area (Å²) >= 11 is 12.2. The minimum absolute atomic E-state index is 0.105. The normalized spacial score (nSPS) is 23.9. The van der Waals surface area contributed by atoms with Crippen LogP contribution >= 0.6 is 23.2 Å². The van der Waals surface area contributed by atoms with Gasteiger partial charge in [0.2, 0.25) is 11.8 Å². The number of hydrogen-bond acceptors (Lipinski definition) is 6. The summed E-state index contributed by atoms with van der Waals surface area (Å²) in [5, 5.41) is 0.928. The van der Waals surface area contributed by atoms with Gasteiger partial charge in [-0.3, -0.25) is 29.0 Å². The van der Waals surface area contributed by atoms with Crippen molar-refractivity contribution in [2.24, 2.45) is 0 Å². The maximum atomic E-state index is 13.3. The van der Waals surface area contributed by atoms with E-state index in [1.807, 2.05) is 23.6 Å². The van der Waals surface area contributed by atoms with Crippen LogP contribution in [0.2, 0.25) is 10.0 Å². The average Bonchev–Trinajstić information content (AvgIpc) is 3.31. The van der Waals surface area contributed by atoms with Crippen LogP contribution in [0, 0.1) is 13.8 Å². The Morgan fingerprint density at radius 1 is 0.639 bits per heavy atom. The molecule has 2 atom stereocenters. The van der Waals surface area contributed by atoms with Gasteiger partial charge in [0, 0.05) is 36.2 Å². The molecule has 2 aromatic rings. The summed E-state index contributed by atoms with van der Waals surface area (Å²) in [4.78, 5) is 58.6. The van der Waals surface area contributed by atoms with Gasteiger partial charge in [0.25, 0.3) is 11.8 Å². The van der Waals surface area contributed by atoms with Crippen LogP contribution in [-0.2, 0) is 19.2 Å². The van der Waals surface area contributed by atoms with E-state index in [-0.39, 0.29) is 36.5 Å². The lowest BCUT2D eigenvalue weighted by Gasteiger charge is -2.38. The van der Waals surface area contributed by atoms with Crippen molar-refractivity contribution < 1.29 is 19.2 Å². The van der Waals surface area contributed by atoms with Crippen molar-refractivity contribution in [3.05, 3.63) is 57.6 Å². The molecule has 0 spiro atoms. The predicted octanol–water partition coefficient (Wildman–Crippen LogP) is 3.19. The number of benzene rings is 2. The topological polar surface area (TPSA) is 81.2 Å². The highest BCUT2D eigenvalue weighted by molar-refractivity contribution is 6.32. The smallest absolute Gasteiger partial charge is 0.251 e. The highest BCUT2D eigenvalue weighted by Crippen LogP contribution is 2.33. The summed E-state index contributed by atoms with van der Waals surface area (Å²) < 4.78 is 0. The van der Waals surface area contributed by atoms with Gasteiger partial charge in [-0.25, -0.2) is 9.80 Å². The second-order valence-corrected chi connectivity index (χ2v) is 10.4. The summed E-state index contributed by atoms with van der Waals surface area (Å²) in [6.45, 7) is 5.74. The molecule has 3 aliphatic rings. The molecule has 4 amide bonds. The van der Waals surface area contributed by atoms with Gasteiger partial charge in [0.1, 0.15) is 0 Å². The first-order chi connectivity index (χ1) is 17.2. The van der Waals surface area contributed by atoms with Crippen molar-refractivity contribution in [2.75, 3.05) is 36.0 Å². The van der Waals surface area contributed by atoms with Crippen molar-refractivity contribution >= 4 is 58.2 Å². The highest BCUT2D eigenvalue weighted by Gasteiger charge is 2.47. The third kappa shape index (κ3) is 4.32. The molecular formula is C26H26Cl2N4O4. The Balaban J connectivity index is 1.26. The van der Waals surface area contributed by atoms with Crippen LogP contribution < -0.4 is 9.80 Å². The zero-order valence-corrected chi connectivity index (χ0v) is 21.6. The Bertz CT molecular complexity index is 1180. The Morgan fingerprint density at radius 3 is 1.36 bits per heavy atom. The number of piperazine rings is 1. The van der Waals surface area contributed by atoms with Gasteiger partial charge < -0.3 is 0 Å². The molecule has 3 heterocycles. The molecule has 0 aromatic heterocycles. The molecule has 5 rings (SSSR count). The van der Waals surface area contributed by atoms with E-state index in [0.29, 0.717) is 47.6 Å². The molecule has 36 heavy (non-hydrogen) atoms. The Labute approximate surface area is 219 Å². The molecular weight excluding hydrogens is 503 g/mol. The number of hydrogen-bond donors (Lipinski definition) is 0. The van der Waals surface area contributed by atoms with Crippen molar-refractivity contribution in [1.29, 1.82) is 0 Å². The number of nitrogens with zero attached hydrogens (tertiary/aromatic N) is 4. The fraction of sp³-hybridized carbons (Fsp3) is 0.385. The predicted molar refractivity (Wildman–Crippen MR) is 137 cm³/mol. The SMILES string of the molecule is Cc1ccc(Cl)cc1N1C(=O)C[C@@H](N2CCN([C@H]3CC(=O)N(c4cc(Cl)ccc4C)C3=O)CC2)C1=O. The highest BCUT2D eigenvalue weighted by atomic mass is 35.5. The summed E-state index contributed by atoms with van der Waals surface area (Å²) in [6, 6.07) is 9.22. The van der Waals surface area contributed by atoms with E-state index in [0.717, 1.165) is 11.1 Å². The summed E-state index contributed by atoms with van der Waals surface area (Å²) in [6.07, 6.45) is 0.209. The van der Waals surface area contributed by atoms with Crippen LogP contribution in [0.5, 0.6) is 0 Å². The third-order valence-electron chi connectivity index (χ3n) is 7.30. The lowest BCUT2D eigenvalue weighted by Crippen LogP contribution is -2.56. The lowest BCUT2D eigenvalue weighted by atomic mass is 10.1. The van der Waals surface area contributed by atoms with E-state index in [1.165, 1.54) is 9.80 Å². The fourth-order valence-electron chi connectivity index (χ4n) is 5.32. The van der Waals surface area contributed by atoms with E-state index in [2.05, 4.69) is 0 Å². The lowest BCUT2D eigenvalue weighted by molar-refractivity contribution is -0.126. The van der Waals surface area contributed by atoms with Gasteiger partial charge in [-0.05, 0) is 49.2 Å². The van der Waals surface area contributed by atoms with Crippen LogP contribution in [0.25, 0.3) is 0 Å². The first-order valence-corrected chi connectivity index (χ1v) is 12.7. The number of amides is 4. The quantitative estimate of drug-likeness (QED) is 0.567. The van der Waals surface area contributed by atoms with Gasteiger partial charge in [0.15, 0.2) is 0 Å². The van der Waals surface area contributed by atoms with E-state index < -0.39 is 12.1 Å². The third-order valence-corrected chi connectivity index (χ3v) is 7.77. The first-order valence-electron chi connectivity index (χ1n) is 11.9. The van der Waals surface area contributed by atoms with Crippen LogP contribution in [0.4, 0.5) is 11.4 Å². The molecule has 2 aromatic carbocycles. The molecule has 3 saturated heterocycles. The van der Waals surface area contributed by atoms with E-state index >= 15 is 0 Å². The van der Waals surface area contributed by atoms with Gasteiger partial charge in [-0.15, -0.1) is 0 Å². The monoisotopic (exact) mass is 528 g/mol. The van der Waals surface area contributed by atoms with E-state index in [1.54, 1.807) is 36.4 Å². The largest absolute Gasteiger partial charge is 0.289 e. The fourth-order valence-corrected chi connectivity index (χ4v) is 5.65. The summed E-state index contributed by atoms with van der Waals surface area (Å²) in [7, 11) is 0. The Kier molecular flexibility index (Phi) is 6.63. The minimum Gasteiger partial charge on any atom is -0.289 e. The summed E-state index contributed by atoms with van der Waals surface area (Å²) in [5.74, 6) is -1.01. The minimum atomic E-state index is -0.551. The number of aryl methyl sites for hydroxylation is 2. The number of halogens is 2. The number of rotatable bonds is 4. The van der Waals surface area contributed by atoms with E-state index in [4.69, 9.17) is 23.2 Å².